The number of carbonyl (C=O) groups is 1. The number of aryl methyl sites for hydroxylation is 2. The molecule has 2 rings (SSSR count). The molecule has 0 aliphatic carbocycles. The van der Waals surface area contributed by atoms with Gasteiger partial charge in [-0.3, -0.25) is 9.48 Å². The Balaban J connectivity index is 1.80. The number of nitrogens with one attached hydrogen (secondary N) is 2. The van der Waals surface area contributed by atoms with Crippen LogP contribution in [-0.2, 0) is 18.3 Å². The second kappa shape index (κ2) is 6.00. The van der Waals surface area contributed by atoms with Crippen LogP contribution in [0.2, 0.25) is 0 Å². The zero-order valence-corrected chi connectivity index (χ0v) is 11.2. The molecule has 0 aromatic carbocycles. The van der Waals surface area contributed by atoms with Gasteiger partial charge in [0, 0.05) is 19.5 Å². The Labute approximate surface area is 108 Å². The average Bonchev–Trinajstić information content (AvgIpc) is 2.97. The normalized spacial score (nSPS) is 19.1. The van der Waals surface area contributed by atoms with Crippen LogP contribution in [0, 0.1) is 5.92 Å². The molecule has 1 atom stereocenters. The Morgan fingerprint density at radius 2 is 2.50 bits per heavy atom. The lowest BCUT2D eigenvalue weighted by atomic mass is 10.0. The number of hydrogen-bond acceptors (Lipinski definition) is 3. The third kappa shape index (κ3) is 3.32. The highest BCUT2D eigenvalue weighted by molar-refractivity contribution is 5.89. The number of carbonyl (C=O) groups excluding carboxylic acids is 1. The summed E-state index contributed by atoms with van der Waals surface area (Å²) in [5, 5.41) is 10.6. The predicted octanol–water partition coefficient (Wildman–Crippen LogP) is 1.31. The smallest absolute Gasteiger partial charge is 0.225 e. The third-order valence-electron chi connectivity index (χ3n) is 3.50. The van der Waals surface area contributed by atoms with Crippen LogP contribution in [0.3, 0.4) is 0 Å². The predicted molar refractivity (Wildman–Crippen MR) is 71.4 cm³/mol. The monoisotopic (exact) mass is 250 g/mol. The molecule has 100 valence electrons. The first-order chi connectivity index (χ1) is 8.69. The van der Waals surface area contributed by atoms with Gasteiger partial charge in [0.15, 0.2) is 0 Å². The maximum absolute atomic E-state index is 11.8. The largest absolute Gasteiger partial charge is 0.316 e. The minimum absolute atomic E-state index is 0.0903. The van der Waals surface area contributed by atoms with Crippen molar-refractivity contribution in [1.29, 1.82) is 0 Å². The molecule has 1 aliphatic heterocycles. The van der Waals surface area contributed by atoms with E-state index >= 15 is 0 Å². The van der Waals surface area contributed by atoms with Crippen molar-refractivity contribution in [2.24, 2.45) is 13.0 Å². The van der Waals surface area contributed by atoms with Gasteiger partial charge in [0.1, 0.15) is 5.82 Å². The minimum atomic E-state index is 0.0903. The van der Waals surface area contributed by atoms with E-state index in [9.17, 15) is 4.79 Å². The molecule has 0 saturated carbocycles. The van der Waals surface area contributed by atoms with E-state index in [2.05, 4.69) is 22.7 Å². The lowest BCUT2D eigenvalue weighted by molar-refractivity contribution is -0.116. The molecule has 2 heterocycles. The molecule has 1 aromatic rings. The van der Waals surface area contributed by atoms with Gasteiger partial charge in [0.25, 0.3) is 0 Å². The van der Waals surface area contributed by atoms with Gasteiger partial charge >= 0.3 is 0 Å². The minimum Gasteiger partial charge on any atom is -0.316 e. The zero-order chi connectivity index (χ0) is 13.0. The summed E-state index contributed by atoms with van der Waals surface area (Å²) in [7, 11) is 1.86. The lowest BCUT2D eigenvalue weighted by Gasteiger charge is -2.08. The SMILES string of the molecule is CCc1cc(NC(=O)CCC2CCNC2)n(C)n1. The number of amides is 1. The van der Waals surface area contributed by atoms with Gasteiger partial charge in [-0.05, 0) is 38.3 Å². The van der Waals surface area contributed by atoms with Crippen molar-refractivity contribution in [3.05, 3.63) is 11.8 Å². The van der Waals surface area contributed by atoms with Gasteiger partial charge in [0.05, 0.1) is 5.69 Å². The van der Waals surface area contributed by atoms with Gasteiger partial charge in [-0.1, -0.05) is 6.92 Å². The van der Waals surface area contributed by atoms with Crippen LogP contribution in [-0.4, -0.2) is 28.8 Å². The van der Waals surface area contributed by atoms with Gasteiger partial charge in [-0.15, -0.1) is 0 Å². The molecule has 0 bridgehead atoms. The first kappa shape index (κ1) is 13.1. The zero-order valence-electron chi connectivity index (χ0n) is 11.2. The van der Waals surface area contributed by atoms with Crippen LogP contribution in [0.1, 0.15) is 31.9 Å². The fraction of sp³-hybridized carbons (Fsp3) is 0.692. The molecule has 1 fully saturated rings. The van der Waals surface area contributed by atoms with E-state index in [1.165, 1.54) is 6.42 Å². The molecule has 0 spiro atoms. The molecule has 1 aromatic heterocycles. The first-order valence-electron chi connectivity index (χ1n) is 6.72. The van der Waals surface area contributed by atoms with E-state index in [4.69, 9.17) is 0 Å². The first-order valence-corrected chi connectivity index (χ1v) is 6.72. The van der Waals surface area contributed by atoms with Crippen LogP contribution >= 0.6 is 0 Å². The highest BCUT2D eigenvalue weighted by Gasteiger charge is 2.16. The van der Waals surface area contributed by atoms with Gasteiger partial charge in [-0.2, -0.15) is 5.10 Å². The number of anilines is 1. The third-order valence-corrected chi connectivity index (χ3v) is 3.50. The summed E-state index contributed by atoms with van der Waals surface area (Å²) in [4.78, 5) is 11.8. The standard InChI is InChI=1S/C13H22N4O/c1-3-11-8-12(17(2)16-11)15-13(18)5-4-10-6-7-14-9-10/h8,10,14H,3-7,9H2,1-2H3,(H,15,18). The highest BCUT2D eigenvalue weighted by Crippen LogP contribution is 2.15. The molecule has 18 heavy (non-hydrogen) atoms. The van der Waals surface area contributed by atoms with Gasteiger partial charge in [-0.25, -0.2) is 0 Å². The number of nitrogens with zero attached hydrogens (tertiary/aromatic N) is 2. The topological polar surface area (TPSA) is 59.0 Å². The van der Waals surface area contributed by atoms with Crippen molar-refractivity contribution in [1.82, 2.24) is 15.1 Å². The van der Waals surface area contributed by atoms with E-state index in [1.54, 1.807) is 4.68 Å². The molecule has 1 saturated heterocycles. The summed E-state index contributed by atoms with van der Waals surface area (Å²) in [6.45, 7) is 4.20. The van der Waals surface area contributed by atoms with E-state index in [1.807, 2.05) is 13.1 Å². The Morgan fingerprint density at radius 3 is 3.11 bits per heavy atom. The quantitative estimate of drug-likeness (QED) is 0.828. The molecule has 1 amide bonds. The van der Waals surface area contributed by atoms with Crippen LogP contribution in [0.25, 0.3) is 0 Å². The molecule has 1 unspecified atom stereocenters. The van der Waals surface area contributed by atoms with Gasteiger partial charge < -0.3 is 10.6 Å². The maximum atomic E-state index is 11.8. The van der Waals surface area contributed by atoms with Crippen molar-refractivity contribution in [3.63, 3.8) is 0 Å². The summed E-state index contributed by atoms with van der Waals surface area (Å²) < 4.78 is 1.73. The Morgan fingerprint density at radius 1 is 1.67 bits per heavy atom. The summed E-state index contributed by atoms with van der Waals surface area (Å²) in [6.07, 6.45) is 3.65. The van der Waals surface area contributed by atoms with Crippen molar-refractivity contribution in [2.75, 3.05) is 18.4 Å². The Bertz CT molecular complexity index is 407. The number of aromatic nitrogens is 2. The Kier molecular flexibility index (Phi) is 4.36. The molecular formula is C13H22N4O. The van der Waals surface area contributed by atoms with Crippen molar-refractivity contribution in [2.45, 2.75) is 32.6 Å². The molecule has 1 aliphatic rings. The van der Waals surface area contributed by atoms with Crippen LogP contribution in [0.4, 0.5) is 5.82 Å². The molecule has 2 N–H and O–H groups in total. The lowest BCUT2D eigenvalue weighted by Crippen LogP contribution is -2.16. The number of rotatable bonds is 5. The van der Waals surface area contributed by atoms with Crippen molar-refractivity contribution in [3.8, 4) is 0 Å². The fourth-order valence-electron chi connectivity index (χ4n) is 2.32. The molecule has 5 nitrogen and oxygen atoms in total. The summed E-state index contributed by atoms with van der Waals surface area (Å²) in [5.41, 5.74) is 1.01. The highest BCUT2D eigenvalue weighted by atomic mass is 16.1. The second-order valence-electron chi connectivity index (χ2n) is 4.94. The Hall–Kier alpha value is -1.36. The summed E-state index contributed by atoms with van der Waals surface area (Å²) >= 11 is 0. The molecule has 0 radical (unpaired) electrons. The van der Waals surface area contributed by atoms with Gasteiger partial charge in [0.2, 0.25) is 5.91 Å². The van der Waals surface area contributed by atoms with E-state index in [0.717, 1.165) is 37.4 Å². The van der Waals surface area contributed by atoms with Crippen LogP contribution in [0.15, 0.2) is 6.07 Å². The molecule has 5 heteroatoms. The summed E-state index contributed by atoms with van der Waals surface area (Å²) in [6, 6.07) is 1.94. The van der Waals surface area contributed by atoms with E-state index < -0.39 is 0 Å². The molecular weight excluding hydrogens is 228 g/mol. The van der Waals surface area contributed by atoms with E-state index in [0.29, 0.717) is 12.3 Å². The van der Waals surface area contributed by atoms with Crippen molar-refractivity contribution >= 4 is 11.7 Å². The van der Waals surface area contributed by atoms with Crippen molar-refractivity contribution < 1.29 is 4.79 Å². The van der Waals surface area contributed by atoms with E-state index in [-0.39, 0.29) is 5.91 Å². The van der Waals surface area contributed by atoms with Crippen LogP contribution < -0.4 is 10.6 Å². The average molecular weight is 250 g/mol. The second-order valence-corrected chi connectivity index (χ2v) is 4.94. The maximum Gasteiger partial charge on any atom is 0.225 e. The fourth-order valence-corrected chi connectivity index (χ4v) is 2.32. The number of hydrogen-bond donors (Lipinski definition) is 2. The summed E-state index contributed by atoms with van der Waals surface area (Å²) in [5.74, 6) is 1.54. The van der Waals surface area contributed by atoms with Crippen LogP contribution in [0.5, 0.6) is 0 Å².